The van der Waals surface area contributed by atoms with E-state index in [0.29, 0.717) is 18.1 Å². The van der Waals surface area contributed by atoms with Crippen molar-refractivity contribution in [3.05, 3.63) is 29.8 Å². The van der Waals surface area contributed by atoms with Gasteiger partial charge in [-0.25, -0.2) is 13.4 Å². The SMILES string of the molecule is COc1ccc(CNC(=S)N([C@H]2CCS(=O)(=O)C2)N(C)C)cc1. The van der Waals surface area contributed by atoms with E-state index < -0.39 is 9.84 Å². The third-order valence-corrected chi connectivity index (χ3v) is 5.88. The average molecular weight is 358 g/mol. The van der Waals surface area contributed by atoms with E-state index in [0.717, 1.165) is 11.3 Å². The molecular formula is C15H23N3O3S2. The molecule has 1 saturated heterocycles. The van der Waals surface area contributed by atoms with Crippen LogP contribution < -0.4 is 10.1 Å². The highest BCUT2D eigenvalue weighted by Crippen LogP contribution is 2.19. The highest BCUT2D eigenvalue weighted by molar-refractivity contribution is 7.91. The minimum absolute atomic E-state index is 0.106. The molecule has 8 heteroatoms. The van der Waals surface area contributed by atoms with Gasteiger partial charge >= 0.3 is 0 Å². The standard InChI is InChI=1S/C15H23N3O3S2/c1-17(2)18(13-8-9-23(19,20)11-13)15(22)16-10-12-4-6-14(21-3)7-5-12/h4-7,13H,8-11H2,1-3H3,(H,16,22)/t13-/m0/s1. The van der Waals surface area contributed by atoms with Gasteiger partial charge in [0, 0.05) is 20.6 Å². The molecule has 0 amide bonds. The minimum atomic E-state index is -2.95. The van der Waals surface area contributed by atoms with Crippen LogP contribution in [0.2, 0.25) is 0 Å². The van der Waals surface area contributed by atoms with Gasteiger partial charge in [0.25, 0.3) is 0 Å². The van der Waals surface area contributed by atoms with E-state index in [1.54, 1.807) is 7.11 Å². The van der Waals surface area contributed by atoms with E-state index >= 15 is 0 Å². The Kier molecular flexibility index (Phi) is 5.83. The second-order valence-corrected chi connectivity index (χ2v) is 8.37. The van der Waals surface area contributed by atoms with Crippen LogP contribution in [0, 0.1) is 0 Å². The molecule has 0 saturated carbocycles. The van der Waals surface area contributed by atoms with Crippen LogP contribution in [-0.2, 0) is 16.4 Å². The average Bonchev–Trinajstić information content (AvgIpc) is 2.85. The first-order valence-corrected chi connectivity index (χ1v) is 9.63. The topological polar surface area (TPSA) is 61.9 Å². The molecule has 1 fully saturated rings. The van der Waals surface area contributed by atoms with Crippen molar-refractivity contribution < 1.29 is 13.2 Å². The van der Waals surface area contributed by atoms with Crippen LogP contribution in [0.25, 0.3) is 0 Å². The second-order valence-electron chi connectivity index (χ2n) is 5.76. The molecule has 0 aliphatic carbocycles. The molecule has 0 spiro atoms. The molecule has 2 rings (SSSR count). The number of nitrogens with zero attached hydrogens (tertiary/aromatic N) is 2. The van der Waals surface area contributed by atoms with Crippen LogP contribution in [0.15, 0.2) is 24.3 Å². The summed E-state index contributed by atoms with van der Waals surface area (Å²) in [6.07, 6.45) is 0.602. The Morgan fingerprint density at radius 3 is 2.48 bits per heavy atom. The number of thiocarbonyl (C=S) groups is 1. The molecule has 1 atom stereocenters. The molecule has 1 aliphatic rings. The lowest BCUT2D eigenvalue weighted by molar-refractivity contribution is 0.0712. The predicted molar refractivity (Wildman–Crippen MR) is 95.0 cm³/mol. The van der Waals surface area contributed by atoms with Crippen LogP contribution in [0.1, 0.15) is 12.0 Å². The Labute approximate surface area is 143 Å². The molecule has 0 aromatic heterocycles. The van der Waals surface area contributed by atoms with Crippen molar-refractivity contribution in [2.75, 3.05) is 32.7 Å². The molecule has 0 radical (unpaired) electrons. The molecule has 0 bridgehead atoms. The highest BCUT2D eigenvalue weighted by atomic mass is 32.2. The molecule has 128 valence electrons. The summed E-state index contributed by atoms with van der Waals surface area (Å²) >= 11 is 5.46. The van der Waals surface area contributed by atoms with Crippen LogP contribution in [0.3, 0.4) is 0 Å². The minimum Gasteiger partial charge on any atom is -0.497 e. The predicted octanol–water partition coefficient (Wildman–Crippen LogP) is 1.04. The van der Waals surface area contributed by atoms with Crippen molar-refractivity contribution in [2.24, 2.45) is 0 Å². The molecule has 1 aromatic carbocycles. The maximum absolute atomic E-state index is 11.7. The Morgan fingerprint density at radius 2 is 2.00 bits per heavy atom. The number of methoxy groups -OCH3 is 1. The van der Waals surface area contributed by atoms with Gasteiger partial charge < -0.3 is 10.1 Å². The van der Waals surface area contributed by atoms with Gasteiger partial charge in [-0.05, 0) is 36.3 Å². The summed E-state index contributed by atoms with van der Waals surface area (Å²) in [6, 6.07) is 7.62. The quantitative estimate of drug-likeness (QED) is 0.624. The molecule has 6 nitrogen and oxygen atoms in total. The number of hydrogen-bond acceptors (Lipinski definition) is 5. The van der Waals surface area contributed by atoms with Crippen molar-refractivity contribution in [1.29, 1.82) is 0 Å². The Bertz CT molecular complexity index is 644. The summed E-state index contributed by atoms with van der Waals surface area (Å²) in [5.74, 6) is 1.18. The van der Waals surface area contributed by atoms with Gasteiger partial charge in [0.2, 0.25) is 0 Å². The number of hydrazine groups is 1. The Hall–Kier alpha value is -1.38. The van der Waals surface area contributed by atoms with E-state index in [9.17, 15) is 8.42 Å². The summed E-state index contributed by atoms with van der Waals surface area (Å²) < 4.78 is 28.6. The van der Waals surface area contributed by atoms with E-state index in [4.69, 9.17) is 17.0 Å². The number of nitrogens with one attached hydrogen (secondary N) is 1. The fraction of sp³-hybridized carbons (Fsp3) is 0.533. The van der Waals surface area contributed by atoms with E-state index in [1.807, 2.05) is 48.4 Å². The van der Waals surface area contributed by atoms with E-state index in [1.165, 1.54) is 0 Å². The van der Waals surface area contributed by atoms with E-state index in [2.05, 4.69) is 5.32 Å². The fourth-order valence-electron chi connectivity index (χ4n) is 2.64. The first kappa shape index (κ1) is 18.0. The molecule has 1 heterocycles. The molecule has 23 heavy (non-hydrogen) atoms. The van der Waals surface area contributed by atoms with Crippen LogP contribution in [-0.4, -0.2) is 62.3 Å². The number of hydrogen-bond donors (Lipinski definition) is 1. The lowest BCUT2D eigenvalue weighted by Gasteiger charge is -2.36. The van der Waals surface area contributed by atoms with Gasteiger partial charge in [0.1, 0.15) is 5.75 Å². The Balaban J connectivity index is 1.98. The maximum atomic E-state index is 11.7. The number of rotatable bonds is 5. The first-order valence-electron chi connectivity index (χ1n) is 7.40. The van der Waals surface area contributed by atoms with Gasteiger partial charge in [0.05, 0.1) is 24.7 Å². The van der Waals surface area contributed by atoms with Crippen LogP contribution >= 0.6 is 12.2 Å². The summed E-state index contributed by atoms with van der Waals surface area (Å²) in [4.78, 5) is 0. The maximum Gasteiger partial charge on any atom is 0.184 e. The fourth-order valence-corrected chi connectivity index (χ4v) is 4.72. The van der Waals surface area contributed by atoms with Gasteiger partial charge in [-0.15, -0.1) is 0 Å². The monoisotopic (exact) mass is 357 g/mol. The molecule has 1 aromatic rings. The van der Waals surface area contributed by atoms with Crippen LogP contribution in [0.5, 0.6) is 5.75 Å². The Morgan fingerprint density at radius 1 is 1.35 bits per heavy atom. The smallest absolute Gasteiger partial charge is 0.184 e. The number of benzene rings is 1. The number of ether oxygens (including phenoxy) is 1. The lowest BCUT2D eigenvalue weighted by Crippen LogP contribution is -2.53. The van der Waals surface area contributed by atoms with Gasteiger partial charge in [-0.2, -0.15) is 0 Å². The zero-order chi connectivity index (χ0) is 17.0. The summed E-state index contributed by atoms with van der Waals surface area (Å²) in [7, 11) is 2.41. The number of sulfone groups is 1. The van der Waals surface area contributed by atoms with Gasteiger partial charge in [0.15, 0.2) is 14.9 Å². The third kappa shape index (κ3) is 4.79. The zero-order valence-electron chi connectivity index (χ0n) is 13.7. The summed E-state index contributed by atoms with van der Waals surface area (Å²) in [5, 5.41) is 7.43. The van der Waals surface area contributed by atoms with Crippen molar-refractivity contribution in [2.45, 2.75) is 19.0 Å². The normalized spacial score (nSPS) is 19.6. The molecule has 0 unspecified atom stereocenters. The van der Waals surface area contributed by atoms with Gasteiger partial charge in [-0.1, -0.05) is 12.1 Å². The first-order chi connectivity index (χ1) is 10.8. The van der Waals surface area contributed by atoms with E-state index in [-0.39, 0.29) is 17.5 Å². The van der Waals surface area contributed by atoms with Crippen LogP contribution in [0.4, 0.5) is 0 Å². The van der Waals surface area contributed by atoms with Crippen molar-refractivity contribution in [3.8, 4) is 5.75 Å². The van der Waals surface area contributed by atoms with Crippen molar-refractivity contribution >= 4 is 27.2 Å². The second kappa shape index (κ2) is 7.46. The molecular weight excluding hydrogens is 334 g/mol. The summed E-state index contributed by atoms with van der Waals surface area (Å²) in [6.45, 7) is 0.576. The van der Waals surface area contributed by atoms with Crippen molar-refractivity contribution in [1.82, 2.24) is 15.3 Å². The van der Waals surface area contributed by atoms with Gasteiger partial charge in [-0.3, -0.25) is 5.01 Å². The lowest BCUT2D eigenvalue weighted by atomic mass is 10.2. The zero-order valence-corrected chi connectivity index (χ0v) is 15.3. The van der Waals surface area contributed by atoms with Crippen molar-refractivity contribution in [3.63, 3.8) is 0 Å². The molecule has 1 aliphatic heterocycles. The highest BCUT2D eigenvalue weighted by Gasteiger charge is 2.34. The largest absolute Gasteiger partial charge is 0.497 e. The molecule has 1 N–H and O–H groups in total. The summed E-state index contributed by atoms with van der Waals surface area (Å²) in [5.41, 5.74) is 1.07. The third-order valence-electron chi connectivity index (χ3n) is 3.80.